The van der Waals surface area contributed by atoms with Crippen LogP contribution in [0.3, 0.4) is 0 Å². The van der Waals surface area contributed by atoms with E-state index in [0.717, 1.165) is 17.6 Å². The van der Waals surface area contributed by atoms with Crippen molar-refractivity contribution in [2.75, 3.05) is 0 Å². The average Bonchev–Trinajstić information content (AvgIpc) is 2.15. The van der Waals surface area contributed by atoms with Crippen LogP contribution in [0.15, 0.2) is 35.6 Å². The molecule has 0 saturated heterocycles. The molecule has 0 radical (unpaired) electrons. The van der Waals surface area contributed by atoms with E-state index in [1.807, 2.05) is 6.08 Å². The lowest BCUT2D eigenvalue weighted by molar-refractivity contribution is 0.570. The van der Waals surface area contributed by atoms with Gasteiger partial charge in [0, 0.05) is 18.1 Å². The van der Waals surface area contributed by atoms with E-state index in [9.17, 15) is 4.79 Å². The number of carbonyl (C=O) groups excluding carboxylic acids is 1. The molecule has 84 valence electrons. The molecule has 0 atom stereocenters. The van der Waals surface area contributed by atoms with Gasteiger partial charge in [-0.25, -0.2) is 0 Å². The molecule has 0 fully saturated rings. The third-order valence-electron chi connectivity index (χ3n) is 1.69. The Kier molecular flexibility index (Phi) is 7.82. The minimum Gasteiger partial charge on any atom is -0.330 e. The van der Waals surface area contributed by atoms with Crippen molar-refractivity contribution in [1.29, 1.82) is 0 Å². The summed E-state index contributed by atoms with van der Waals surface area (Å²) in [5, 5.41) is 0. The van der Waals surface area contributed by atoms with Crippen LogP contribution in [0.4, 0.5) is 0 Å². The number of hydrogen-bond acceptors (Lipinski definition) is 3. The van der Waals surface area contributed by atoms with Crippen LogP contribution in [0.1, 0.15) is 27.7 Å². The molecule has 1 N–H and O–H groups in total. The van der Waals surface area contributed by atoms with Gasteiger partial charge in [0.25, 0.3) is 0 Å². The van der Waals surface area contributed by atoms with Crippen LogP contribution in [0.5, 0.6) is 0 Å². The first-order valence-corrected chi connectivity index (χ1v) is 5.82. The standard InChI is InChI=1S/C12H19NOS/c1-10(2)8-12(11(3)4)6-5-7-13-15-9-14/h5-9,11,13H,1-4H3/b7-5+,12-6+. The maximum absolute atomic E-state index is 10.00. The van der Waals surface area contributed by atoms with Crippen LogP contribution < -0.4 is 4.72 Å². The fourth-order valence-electron chi connectivity index (χ4n) is 1.01. The Morgan fingerprint density at radius 3 is 2.47 bits per heavy atom. The number of allylic oxidation sites excluding steroid dienone is 5. The van der Waals surface area contributed by atoms with Crippen LogP contribution in [0, 0.1) is 5.92 Å². The molecule has 0 aliphatic rings. The van der Waals surface area contributed by atoms with Crippen molar-refractivity contribution in [3.8, 4) is 0 Å². The van der Waals surface area contributed by atoms with E-state index in [1.165, 1.54) is 11.1 Å². The van der Waals surface area contributed by atoms with Crippen LogP contribution in [-0.2, 0) is 4.79 Å². The Labute approximate surface area is 96.7 Å². The number of carbonyl (C=O) groups is 1. The van der Waals surface area contributed by atoms with Gasteiger partial charge in [0.15, 0.2) is 5.62 Å². The summed E-state index contributed by atoms with van der Waals surface area (Å²) in [5.41, 5.74) is 3.33. The summed E-state index contributed by atoms with van der Waals surface area (Å²) in [5.74, 6) is 0.503. The van der Waals surface area contributed by atoms with Crippen molar-refractivity contribution < 1.29 is 4.79 Å². The Morgan fingerprint density at radius 2 is 2.00 bits per heavy atom. The molecule has 0 aromatic rings. The van der Waals surface area contributed by atoms with Crippen LogP contribution >= 0.6 is 11.9 Å². The normalized spacial score (nSPS) is 11.9. The third-order valence-corrected chi connectivity index (χ3v) is 2.06. The monoisotopic (exact) mass is 225 g/mol. The molecule has 0 heterocycles. The van der Waals surface area contributed by atoms with Gasteiger partial charge in [0.05, 0.1) is 0 Å². The first-order valence-electron chi connectivity index (χ1n) is 4.94. The minimum absolute atomic E-state index is 0.503. The molecule has 15 heavy (non-hydrogen) atoms. The second-order valence-corrected chi connectivity index (χ2v) is 4.40. The van der Waals surface area contributed by atoms with Crippen LogP contribution in [0.2, 0.25) is 0 Å². The van der Waals surface area contributed by atoms with Gasteiger partial charge in [-0.05, 0) is 31.4 Å². The van der Waals surface area contributed by atoms with Gasteiger partial charge in [0.2, 0.25) is 0 Å². The number of hydrogen-bond donors (Lipinski definition) is 1. The van der Waals surface area contributed by atoms with E-state index in [1.54, 1.807) is 6.20 Å². The van der Waals surface area contributed by atoms with Crippen molar-refractivity contribution in [1.82, 2.24) is 4.72 Å². The van der Waals surface area contributed by atoms with Gasteiger partial charge in [0.1, 0.15) is 0 Å². The molecular formula is C12H19NOS. The lowest BCUT2D eigenvalue weighted by atomic mass is 10.0. The fraction of sp³-hybridized carbons (Fsp3) is 0.417. The lowest BCUT2D eigenvalue weighted by Gasteiger charge is -2.05. The summed E-state index contributed by atoms with van der Waals surface area (Å²) in [7, 11) is 0. The molecule has 0 aromatic heterocycles. The molecule has 0 unspecified atom stereocenters. The zero-order valence-electron chi connectivity index (χ0n) is 9.78. The van der Waals surface area contributed by atoms with Gasteiger partial charge >= 0.3 is 0 Å². The molecule has 0 aromatic carbocycles. The first kappa shape index (κ1) is 14.0. The van der Waals surface area contributed by atoms with E-state index in [4.69, 9.17) is 0 Å². The molecule has 2 nitrogen and oxygen atoms in total. The van der Waals surface area contributed by atoms with Crippen LogP contribution in [-0.4, -0.2) is 5.62 Å². The summed E-state index contributed by atoms with van der Waals surface area (Å²) in [4.78, 5) is 10.00. The van der Waals surface area contributed by atoms with Gasteiger partial charge in [-0.2, -0.15) is 0 Å². The van der Waals surface area contributed by atoms with Crippen LogP contribution in [0.25, 0.3) is 0 Å². The van der Waals surface area contributed by atoms with E-state index in [-0.39, 0.29) is 0 Å². The van der Waals surface area contributed by atoms with Crippen molar-refractivity contribution in [2.45, 2.75) is 27.7 Å². The molecular weight excluding hydrogens is 206 g/mol. The van der Waals surface area contributed by atoms with Gasteiger partial charge in [-0.3, -0.25) is 4.79 Å². The largest absolute Gasteiger partial charge is 0.330 e. The van der Waals surface area contributed by atoms with Crippen molar-refractivity contribution >= 4 is 17.6 Å². The molecule has 0 spiro atoms. The van der Waals surface area contributed by atoms with E-state index in [2.05, 4.69) is 44.6 Å². The highest BCUT2D eigenvalue weighted by Gasteiger charge is 1.97. The number of nitrogens with one attached hydrogen (secondary N) is 1. The topological polar surface area (TPSA) is 29.1 Å². The van der Waals surface area contributed by atoms with Gasteiger partial charge < -0.3 is 4.72 Å². The van der Waals surface area contributed by atoms with Crippen molar-refractivity contribution in [3.63, 3.8) is 0 Å². The summed E-state index contributed by atoms with van der Waals surface area (Å²) >= 11 is 1.02. The molecule has 0 aliphatic heterocycles. The maximum atomic E-state index is 10.00. The SMILES string of the molecule is CC(C)=C/C(=C\C=C\NSC=O)C(C)C. The zero-order valence-corrected chi connectivity index (χ0v) is 10.6. The smallest absolute Gasteiger partial charge is 0.196 e. The average molecular weight is 225 g/mol. The summed E-state index contributed by atoms with van der Waals surface area (Å²) in [6.45, 7) is 8.49. The predicted octanol–water partition coefficient (Wildman–Crippen LogP) is 3.48. The van der Waals surface area contributed by atoms with Crippen molar-refractivity contribution in [3.05, 3.63) is 35.6 Å². The fourth-order valence-corrected chi connectivity index (χ4v) is 1.22. The Bertz CT molecular complexity index is 273. The summed E-state index contributed by atoms with van der Waals surface area (Å²) in [6, 6.07) is 0. The highest BCUT2D eigenvalue weighted by atomic mass is 32.2. The second kappa shape index (κ2) is 8.36. The van der Waals surface area contributed by atoms with Crippen molar-refractivity contribution in [2.24, 2.45) is 5.92 Å². The highest BCUT2D eigenvalue weighted by Crippen LogP contribution is 2.13. The molecule has 3 heteroatoms. The minimum atomic E-state index is 0.503. The molecule has 0 bridgehead atoms. The quantitative estimate of drug-likeness (QED) is 0.325. The number of rotatable bonds is 6. The maximum Gasteiger partial charge on any atom is 0.196 e. The molecule has 0 rings (SSSR count). The highest BCUT2D eigenvalue weighted by molar-refractivity contribution is 8.10. The predicted molar refractivity (Wildman–Crippen MR) is 69.0 cm³/mol. The molecule has 0 saturated carbocycles. The summed E-state index contributed by atoms with van der Waals surface area (Å²) in [6.07, 6.45) is 7.88. The van der Waals surface area contributed by atoms with E-state index >= 15 is 0 Å². The Morgan fingerprint density at radius 1 is 1.33 bits per heavy atom. The Hall–Kier alpha value is -0.960. The second-order valence-electron chi connectivity index (χ2n) is 3.73. The van der Waals surface area contributed by atoms with E-state index in [0.29, 0.717) is 5.92 Å². The summed E-state index contributed by atoms with van der Waals surface area (Å²) < 4.78 is 2.79. The first-order chi connectivity index (χ1) is 7.07. The zero-order chi connectivity index (χ0) is 11.7. The Balaban J connectivity index is 4.36. The van der Waals surface area contributed by atoms with E-state index < -0.39 is 0 Å². The molecule has 0 amide bonds. The van der Waals surface area contributed by atoms with Gasteiger partial charge in [-0.1, -0.05) is 31.6 Å². The lowest BCUT2D eigenvalue weighted by Crippen LogP contribution is -1.92. The third kappa shape index (κ3) is 8.06. The molecule has 0 aliphatic carbocycles. The van der Waals surface area contributed by atoms with Gasteiger partial charge in [-0.15, -0.1) is 0 Å².